The molecule has 20 heavy (non-hydrogen) atoms. The van der Waals surface area contributed by atoms with E-state index in [9.17, 15) is 9.70 Å². The van der Waals surface area contributed by atoms with Crippen LogP contribution in [0.4, 0.5) is 5.69 Å². The summed E-state index contributed by atoms with van der Waals surface area (Å²) in [6, 6.07) is 4.91. The molecule has 1 aliphatic heterocycles. The largest absolute Gasteiger partial charge is 0.312 e. The summed E-state index contributed by atoms with van der Waals surface area (Å²) in [5.74, 6) is 0.117. The summed E-state index contributed by atoms with van der Waals surface area (Å²) in [5, 5.41) is 3.72. The second-order valence-corrected chi connectivity index (χ2v) is 5.55. The molecule has 0 radical (unpaired) electrons. The fraction of sp³-hybridized carbons (Fsp3) is 0.533. The van der Waals surface area contributed by atoms with Crippen molar-refractivity contribution in [3.8, 4) is 0 Å². The summed E-state index contributed by atoms with van der Waals surface area (Å²) >= 11 is 5.98. The number of anilines is 1. The summed E-state index contributed by atoms with van der Waals surface area (Å²) in [6.45, 7) is 2.67. The van der Waals surface area contributed by atoms with E-state index in [0.29, 0.717) is 24.4 Å². The number of hydrogen-bond acceptors (Lipinski definition) is 3. The fourth-order valence-corrected chi connectivity index (χ4v) is 2.78. The number of carbonyl (C=O) groups excluding carboxylic acids is 1. The second kappa shape index (κ2) is 6.84. The molecule has 0 N–H and O–H groups in total. The van der Waals surface area contributed by atoms with Crippen molar-refractivity contribution in [1.29, 1.82) is 0 Å². The predicted octanol–water partition coefficient (Wildman–Crippen LogP) is 4.46. The van der Waals surface area contributed by atoms with Crippen molar-refractivity contribution in [3.05, 3.63) is 33.7 Å². The molecule has 0 aliphatic carbocycles. The normalized spacial score (nSPS) is 17.7. The van der Waals surface area contributed by atoms with Crippen LogP contribution >= 0.6 is 11.6 Å². The molecule has 1 heterocycles. The zero-order chi connectivity index (χ0) is 14.5. The Kier molecular flexibility index (Phi) is 5.12. The van der Waals surface area contributed by atoms with Gasteiger partial charge in [-0.15, -0.1) is 0 Å². The van der Waals surface area contributed by atoms with Crippen LogP contribution in [0, 0.1) is 4.91 Å². The highest BCUT2D eigenvalue weighted by Crippen LogP contribution is 2.37. The lowest BCUT2D eigenvalue weighted by molar-refractivity contribution is -0.118. The van der Waals surface area contributed by atoms with Crippen LogP contribution in [0.25, 0.3) is 0 Å². The van der Waals surface area contributed by atoms with Gasteiger partial charge in [0.2, 0.25) is 5.91 Å². The molecule has 1 amide bonds. The minimum atomic E-state index is -0.400. The van der Waals surface area contributed by atoms with E-state index in [0.717, 1.165) is 30.5 Å². The Hall–Kier alpha value is -1.42. The van der Waals surface area contributed by atoms with Gasteiger partial charge < -0.3 is 4.90 Å². The summed E-state index contributed by atoms with van der Waals surface area (Å²) in [4.78, 5) is 25.0. The predicted molar refractivity (Wildman–Crippen MR) is 81.1 cm³/mol. The van der Waals surface area contributed by atoms with E-state index in [1.54, 1.807) is 17.0 Å². The van der Waals surface area contributed by atoms with Gasteiger partial charge >= 0.3 is 0 Å². The second-order valence-electron chi connectivity index (χ2n) is 5.12. The van der Waals surface area contributed by atoms with Gasteiger partial charge in [0.15, 0.2) is 0 Å². The van der Waals surface area contributed by atoms with Crippen molar-refractivity contribution < 1.29 is 4.79 Å². The van der Waals surface area contributed by atoms with Crippen molar-refractivity contribution >= 4 is 23.2 Å². The molecule has 5 heteroatoms. The average molecular weight is 295 g/mol. The first-order chi connectivity index (χ1) is 9.67. The third kappa shape index (κ3) is 3.18. The molecule has 0 fully saturated rings. The first kappa shape index (κ1) is 15.0. The molecule has 2 rings (SSSR count). The third-order valence-corrected chi connectivity index (χ3v) is 3.92. The smallest absolute Gasteiger partial charge is 0.226 e. The highest BCUT2D eigenvalue weighted by atomic mass is 35.5. The molecule has 1 aromatic rings. The molecule has 4 nitrogen and oxygen atoms in total. The molecule has 1 aliphatic rings. The van der Waals surface area contributed by atoms with E-state index in [4.69, 9.17) is 11.6 Å². The maximum Gasteiger partial charge on any atom is 0.226 e. The van der Waals surface area contributed by atoms with E-state index < -0.39 is 6.04 Å². The van der Waals surface area contributed by atoms with Crippen molar-refractivity contribution in [3.63, 3.8) is 0 Å². The van der Waals surface area contributed by atoms with Gasteiger partial charge in [0.1, 0.15) is 6.04 Å². The highest BCUT2D eigenvalue weighted by molar-refractivity contribution is 6.30. The number of amides is 1. The van der Waals surface area contributed by atoms with Gasteiger partial charge in [-0.05, 0) is 31.0 Å². The number of unbranched alkanes of at least 4 members (excludes halogenated alkanes) is 2. The number of fused-ring (bicyclic) bond motifs is 1. The Bertz CT molecular complexity index is 505. The van der Waals surface area contributed by atoms with Crippen LogP contribution < -0.4 is 4.90 Å². The van der Waals surface area contributed by atoms with E-state index >= 15 is 0 Å². The van der Waals surface area contributed by atoms with Gasteiger partial charge in [-0.1, -0.05) is 36.5 Å². The van der Waals surface area contributed by atoms with Gasteiger partial charge in [-0.25, -0.2) is 0 Å². The highest BCUT2D eigenvalue weighted by Gasteiger charge is 2.29. The number of halogens is 1. The third-order valence-electron chi connectivity index (χ3n) is 3.69. The Balaban J connectivity index is 2.21. The molecular weight excluding hydrogens is 276 g/mol. The minimum Gasteiger partial charge on any atom is -0.312 e. The van der Waals surface area contributed by atoms with E-state index in [1.807, 2.05) is 6.07 Å². The van der Waals surface area contributed by atoms with Crippen LogP contribution in [-0.4, -0.2) is 12.5 Å². The summed E-state index contributed by atoms with van der Waals surface area (Å²) in [6.07, 6.45) is 4.18. The molecule has 1 aromatic carbocycles. The first-order valence-corrected chi connectivity index (χ1v) is 7.47. The van der Waals surface area contributed by atoms with Crippen LogP contribution in [0.5, 0.6) is 0 Å². The quantitative estimate of drug-likeness (QED) is 0.594. The summed E-state index contributed by atoms with van der Waals surface area (Å²) in [5.41, 5.74) is 1.55. The van der Waals surface area contributed by atoms with Gasteiger partial charge in [-0.3, -0.25) is 4.79 Å². The lowest BCUT2D eigenvalue weighted by Gasteiger charge is -2.31. The average Bonchev–Trinajstić information content (AvgIpc) is 2.46. The molecule has 0 bridgehead atoms. The molecule has 0 saturated heterocycles. The zero-order valence-corrected chi connectivity index (χ0v) is 12.4. The summed E-state index contributed by atoms with van der Waals surface area (Å²) < 4.78 is 0. The molecule has 0 spiro atoms. The van der Waals surface area contributed by atoms with Crippen LogP contribution in [0.3, 0.4) is 0 Å². The zero-order valence-electron chi connectivity index (χ0n) is 11.6. The number of nitrogens with zero attached hydrogens (tertiary/aromatic N) is 2. The van der Waals surface area contributed by atoms with Gasteiger partial charge in [0, 0.05) is 29.2 Å². The maximum atomic E-state index is 12.3. The van der Waals surface area contributed by atoms with E-state index in [2.05, 4.69) is 12.1 Å². The molecule has 0 aromatic heterocycles. The number of hydrogen-bond donors (Lipinski definition) is 0. The van der Waals surface area contributed by atoms with Crippen molar-refractivity contribution in [1.82, 2.24) is 0 Å². The van der Waals surface area contributed by atoms with E-state index in [-0.39, 0.29) is 5.91 Å². The maximum absolute atomic E-state index is 12.3. The van der Waals surface area contributed by atoms with Crippen LogP contribution in [0.1, 0.15) is 50.6 Å². The van der Waals surface area contributed by atoms with E-state index in [1.165, 1.54) is 0 Å². The molecule has 108 valence electrons. The van der Waals surface area contributed by atoms with Crippen LogP contribution in [0.2, 0.25) is 5.02 Å². The Labute approximate surface area is 124 Å². The van der Waals surface area contributed by atoms with Gasteiger partial charge in [0.25, 0.3) is 0 Å². The van der Waals surface area contributed by atoms with Crippen LogP contribution in [0.15, 0.2) is 23.4 Å². The monoisotopic (exact) mass is 294 g/mol. The lowest BCUT2D eigenvalue weighted by Crippen LogP contribution is -2.36. The Morgan fingerprint density at radius 2 is 2.25 bits per heavy atom. The van der Waals surface area contributed by atoms with Crippen molar-refractivity contribution in [2.24, 2.45) is 5.18 Å². The first-order valence-electron chi connectivity index (χ1n) is 7.09. The standard InChI is InChI=1S/C15H19ClN2O2/c1-2-3-4-5-15(19)18-9-8-13(17-20)12-10-11(16)6-7-14(12)18/h6-7,10,13H,2-5,8-9H2,1H3. The van der Waals surface area contributed by atoms with Gasteiger partial charge in [0.05, 0.1) is 0 Å². The lowest BCUT2D eigenvalue weighted by atomic mass is 9.96. The number of nitroso groups, excluding NO2 is 1. The SMILES string of the molecule is CCCCCC(=O)N1CCC(N=O)c2cc(Cl)ccc21. The Morgan fingerprint density at radius 1 is 1.45 bits per heavy atom. The summed E-state index contributed by atoms with van der Waals surface area (Å²) in [7, 11) is 0. The van der Waals surface area contributed by atoms with Crippen molar-refractivity contribution in [2.45, 2.75) is 45.1 Å². The molecule has 1 unspecified atom stereocenters. The van der Waals surface area contributed by atoms with Crippen LogP contribution in [-0.2, 0) is 4.79 Å². The fourth-order valence-electron chi connectivity index (χ4n) is 2.60. The van der Waals surface area contributed by atoms with Gasteiger partial charge in [-0.2, -0.15) is 4.91 Å². The molecule has 1 atom stereocenters. The topological polar surface area (TPSA) is 49.7 Å². The molecule has 0 saturated carbocycles. The number of rotatable bonds is 5. The number of benzene rings is 1. The number of carbonyl (C=O) groups is 1. The molecular formula is C15H19ClN2O2. The van der Waals surface area contributed by atoms with Crippen molar-refractivity contribution in [2.75, 3.05) is 11.4 Å². The minimum absolute atomic E-state index is 0.117. The Morgan fingerprint density at radius 3 is 2.95 bits per heavy atom.